The topological polar surface area (TPSA) is 37.3 Å². The van der Waals surface area contributed by atoms with Crippen molar-refractivity contribution in [1.82, 2.24) is 0 Å². The normalized spacial score (nSPS) is 41.9. The van der Waals surface area contributed by atoms with Crippen molar-refractivity contribution in [2.45, 2.75) is 58.5 Å². The molecule has 0 aromatic carbocycles. The molecule has 1 N–H and O–H groups in total. The van der Waals surface area contributed by atoms with E-state index in [4.69, 9.17) is 0 Å². The highest BCUT2D eigenvalue weighted by atomic mass is 16.3. The summed E-state index contributed by atoms with van der Waals surface area (Å²) in [6, 6.07) is 0. The average molecular weight is 196 g/mol. The zero-order chi connectivity index (χ0) is 10.4. The van der Waals surface area contributed by atoms with Crippen LogP contribution in [0.15, 0.2) is 0 Å². The number of hydrogen-bond acceptors (Lipinski definition) is 2. The second-order valence-electron chi connectivity index (χ2n) is 6.00. The fraction of sp³-hybridized carbons (Fsp3) is 0.917. The Morgan fingerprint density at radius 2 is 2.07 bits per heavy atom. The third kappa shape index (κ3) is 1.60. The van der Waals surface area contributed by atoms with Crippen molar-refractivity contribution in [3.8, 4) is 0 Å². The molecular weight excluding hydrogens is 176 g/mol. The van der Waals surface area contributed by atoms with Crippen LogP contribution in [0.25, 0.3) is 0 Å². The molecule has 2 unspecified atom stereocenters. The molecule has 0 heterocycles. The van der Waals surface area contributed by atoms with E-state index < -0.39 is 0 Å². The van der Waals surface area contributed by atoms with Gasteiger partial charge in [0.15, 0.2) is 0 Å². The quantitative estimate of drug-likeness (QED) is 0.645. The van der Waals surface area contributed by atoms with E-state index in [0.29, 0.717) is 18.6 Å². The van der Waals surface area contributed by atoms with Gasteiger partial charge in [0.2, 0.25) is 0 Å². The molecule has 14 heavy (non-hydrogen) atoms. The number of aliphatic hydroxyl groups excluding tert-OH is 1. The van der Waals surface area contributed by atoms with Crippen LogP contribution < -0.4 is 0 Å². The van der Waals surface area contributed by atoms with Crippen LogP contribution in [0.1, 0.15) is 52.4 Å². The van der Waals surface area contributed by atoms with E-state index in [1.54, 1.807) is 0 Å². The van der Waals surface area contributed by atoms with Gasteiger partial charge in [0.05, 0.1) is 6.10 Å². The van der Waals surface area contributed by atoms with Crippen molar-refractivity contribution in [3.05, 3.63) is 0 Å². The van der Waals surface area contributed by atoms with Crippen LogP contribution in [0, 0.1) is 10.8 Å². The molecule has 0 aromatic rings. The van der Waals surface area contributed by atoms with Crippen molar-refractivity contribution >= 4 is 5.78 Å². The number of carbonyl (C=O) groups excluding carboxylic acids is 1. The first-order valence-electron chi connectivity index (χ1n) is 5.63. The second-order valence-corrected chi connectivity index (χ2v) is 6.00. The largest absolute Gasteiger partial charge is 0.393 e. The molecule has 0 amide bonds. The average Bonchev–Trinajstić information content (AvgIpc) is 2.27. The van der Waals surface area contributed by atoms with Gasteiger partial charge in [-0.15, -0.1) is 0 Å². The van der Waals surface area contributed by atoms with Gasteiger partial charge in [-0.3, -0.25) is 4.79 Å². The maximum Gasteiger partial charge on any atom is 0.134 e. The maximum atomic E-state index is 11.7. The minimum Gasteiger partial charge on any atom is -0.393 e. The Morgan fingerprint density at radius 3 is 2.57 bits per heavy atom. The summed E-state index contributed by atoms with van der Waals surface area (Å²) in [7, 11) is 0. The van der Waals surface area contributed by atoms with E-state index >= 15 is 0 Å². The summed E-state index contributed by atoms with van der Waals surface area (Å²) >= 11 is 0. The number of rotatable bonds is 0. The van der Waals surface area contributed by atoms with Crippen molar-refractivity contribution in [2.24, 2.45) is 10.8 Å². The summed E-state index contributed by atoms with van der Waals surface area (Å²) in [4.78, 5) is 11.7. The Balaban J connectivity index is 2.23. The van der Waals surface area contributed by atoms with Crippen molar-refractivity contribution in [3.63, 3.8) is 0 Å². The van der Waals surface area contributed by atoms with Crippen LogP contribution in [-0.4, -0.2) is 17.0 Å². The Morgan fingerprint density at radius 1 is 1.36 bits per heavy atom. The van der Waals surface area contributed by atoms with E-state index in [9.17, 15) is 9.90 Å². The van der Waals surface area contributed by atoms with Crippen LogP contribution in [0.2, 0.25) is 0 Å². The van der Waals surface area contributed by atoms with Crippen molar-refractivity contribution in [2.75, 3.05) is 0 Å². The summed E-state index contributed by atoms with van der Waals surface area (Å²) in [5, 5.41) is 10.0. The second kappa shape index (κ2) is 3.06. The molecule has 2 aliphatic rings. The molecule has 0 aliphatic heterocycles. The summed E-state index contributed by atoms with van der Waals surface area (Å²) in [6.45, 7) is 4.30. The summed E-state index contributed by atoms with van der Waals surface area (Å²) in [5.41, 5.74) is 0.0412. The van der Waals surface area contributed by atoms with Gasteiger partial charge in [-0.05, 0) is 24.7 Å². The number of Topliss-reactive ketones (excluding diaryl/α,β-unsaturated/α-hetero) is 1. The summed E-state index contributed by atoms with van der Waals surface area (Å²) < 4.78 is 0. The SMILES string of the molecule is CC1(C)CC(=O)CC2(CCCC2O)C1. The minimum atomic E-state index is -0.231. The van der Waals surface area contributed by atoms with Gasteiger partial charge in [-0.1, -0.05) is 20.3 Å². The standard InChI is InChI=1S/C12H20O2/c1-11(2)6-9(13)7-12(8-11)5-3-4-10(12)14/h10,14H,3-8H2,1-2H3. The van der Waals surface area contributed by atoms with Crippen LogP contribution in [-0.2, 0) is 4.79 Å². The Labute approximate surface area is 85.7 Å². The van der Waals surface area contributed by atoms with Gasteiger partial charge in [0, 0.05) is 18.3 Å². The lowest BCUT2D eigenvalue weighted by molar-refractivity contribution is -0.132. The van der Waals surface area contributed by atoms with Crippen molar-refractivity contribution < 1.29 is 9.90 Å². The molecule has 1 spiro atoms. The lowest BCUT2D eigenvalue weighted by atomic mass is 9.61. The van der Waals surface area contributed by atoms with Gasteiger partial charge in [-0.25, -0.2) is 0 Å². The van der Waals surface area contributed by atoms with Crippen molar-refractivity contribution in [1.29, 1.82) is 0 Å². The molecule has 2 heteroatoms. The molecule has 0 saturated heterocycles. The van der Waals surface area contributed by atoms with Gasteiger partial charge in [0.1, 0.15) is 5.78 Å². The Kier molecular flexibility index (Phi) is 2.22. The number of aliphatic hydroxyl groups is 1. The number of ketones is 1. The highest BCUT2D eigenvalue weighted by molar-refractivity contribution is 5.81. The zero-order valence-electron chi connectivity index (χ0n) is 9.18. The van der Waals surface area contributed by atoms with E-state index in [0.717, 1.165) is 25.7 Å². The molecule has 2 saturated carbocycles. The minimum absolute atomic E-state index is 0.0567. The van der Waals surface area contributed by atoms with Gasteiger partial charge < -0.3 is 5.11 Å². The first-order chi connectivity index (χ1) is 6.44. The molecular formula is C12H20O2. The molecule has 2 rings (SSSR count). The van der Waals surface area contributed by atoms with Crippen LogP contribution in [0.5, 0.6) is 0 Å². The predicted octanol–water partition coefficient (Wildman–Crippen LogP) is 2.30. The summed E-state index contributed by atoms with van der Waals surface area (Å²) in [5.74, 6) is 0.349. The first-order valence-corrected chi connectivity index (χ1v) is 5.63. The van der Waals surface area contributed by atoms with Gasteiger partial charge in [-0.2, -0.15) is 0 Å². The van der Waals surface area contributed by atoms with Gasteiger partial charge in [0.25, 0.3) is 0 Å². The van der Waals surface area contributed by atoms with E-state index in [1.807, 2.05) is 0 Å². The van der Waals surface area contributed by atoms with Crippen LogP contribution in [0.4, 0.5) is 0 Å². The van der Waals surface area contributed by atoms with E-state index in [1.165, 1.54) is 0 Å². The smallest absolute Gasteiger partial charge is 0.134 e. The lowest BCUT2D eigenvalue weighted by Gasteiger charge is -2.43. The van der Waals surface area contributed by atoms with Gasteiger partial charge >= 0.3 is 0 Å². The molecule has 2 fully saturated rings. The third-order valence-electron chi connectivity index (χ3n) is 3.91. The molecule has 2 aliphatic carbocycles. The van der Waals surface area contributed by atoms with Crippen LogP contribution >= 0.6 is 0 Å². The fourth-order valence-corrected chi connectivity index (χ4v) is 3.60. The number of hydrogen-bond donors (Lipinski definition) is 1. The highest BCUT2D eigenvalue weighted by Gasteiger charge is 2.49. The fourth-order valence-electron chi connectivity index (χ4n) is 3.60. The molecule has 2 nitrogen and oxygen atoms in total. The molecule has 2 atom stereocenters. The maximum absolute atomic E-state index is 11.7. The Hall–Kier alpha value is -0.370. The predicted molar refractivity (Wildman–Crippen MR) is 54.9 cm³/mol. The lowest BCUT2D eigenvalue weighted by Crippen LogP contribution is -2.42. The Bertz CT molecular complexity index is 257. The zero-order valence-corrected chi connectivity index (χ0v) is 9.18. The first kappa shape index (κ1) is 10.2. The molecule has 0 bridgehead atoms. The van der Waals surface area contributed by atoms with Crippen LogP contribution in [0.3, 0.4) is 0 Å². The molecule has 80 valence electrons. The highest BCUT2D eigenvalue weighted by Crippen LogP contribution is 2.53. The molecule has 0 radical (unpaired) electrons. The number of carbonyl (C=O) groups is 1. The van der Waals surface area contributed by atoms with E-state index in [-0.39, 0.29) is 16.9 Å². The summed E-state index contributed by atoms with van der Waals surface area (Å²) in [6.07, 6.45) is 5.13. The monoisotopic (exact) mass is 196 g/mol. The third-order valence-corrected chi connectivity index (χ3v) is 3.91. The van der Waals surface area contributed by atoms with E-state index in [2.05, 4.69) is 13.8 Å². The molecule has 0 aromatic heterocycles.